The van der Waals surface area contributed by atoms with Gasteiger partial charge >= 0.3 is 0 Å². The van der Waals surface area contributed by atoms with Gasteiger partial charge in [0.15, 0.2) is 0 Å². The highest BCUT2D eigenvalue weighted by Crippen LogP contribution is 2.22. The van der Waals surface area contributed by atoms with Gasteiger partial charge in [0.2, 0.25) is 0 Å². The van der Waals surface area contributed by atoms with Crippen LogP contribution in [0.25, 0.3) is 0 Å². The summed E-state index contributed by atoms with van der Waals surface area (Å²) < 4.78 is 5.71. The molecule has 0 saturated heterocycles. The average molecular weight is 281 g/mol. The van der Waals surface area contributed by atoms with E-state index in [1.165, 1.54) is 5.57 Å². The fraction of sp³-hybridized carbons (Fsp3) is 0.316. The van der Waals surface area contributed by atoms with Crippen molar-refractivity contribution in [3.05, 3.63) is 72.0 Å². The van der Waals surface area contributed by atoms with Gasteiger partial charge in [0.05, 0.1) is 0 Å². The van der Waals surface area contributed by atoms with E-state index in [-0.39, 0.29) is 0 Å². The maximum atomic E-state index is 5.71. The lowest BCUT2D eigenvalue weighted by Crippen LogP contribution is -2.13. The molecule has 2 nitrogen and oxygen atoms in total. The van der Waals surface area contributed by atoms with Crippen LogP contribution in [0, 0.1) is 0 Å². The molecule has 1 aliphatic heterocycles. The van der Waals surface area contributed by atoms with Crippen molar-refractivity contribution < 1.29 is 4.74 Å². The third-order valence-corrected chi connectivity index (χ3v) is 3.67. The summed E-state index contributed by atoms with van der Waals surface area (Å²) in [5.74, 6) is 0.623. The lowest BCUT2D eigenvalue weighted by Gasteiger charge is -2.18. The third kappa shape index (κ3) is 4.45. The molecule has 21 heavy (non-hydrogen) atoms. The molecule has 1 heterocycles. The average Bonchev–Trinajstić information content (AvgIpc) is 2.48. The van der Waals surface area contributed by atoms with Crippen LogP contribution in [-0.2, 0) is 11.3 Å². The van der Waals surface area contributed by atoms with Crippen LogP contribution in [0.15, 0.2) is 71.5 Å². The highest BCUT2D eigenvalue weighted by Gasteiger charge is 2.13. The Balaban J connectivity index is 1.94. The second-order valence-corrected chi connectivity index (χ2v) is 5.49. The van der Waals surface area contributed by atoms with Crippen molar-refractivity contribution in [3.8, 4) is 0 Å². The lowest BCUT2D eigenvalue weighted by molar-refractivity contribution is 0.209. The van der Waals surface area contributed by atoms with E-state index < -0.39 is 0 Å². The summed E-state index contributed by atoms with van der Waals surface area (Å²) in [6.45, 7) is 12.8. The van der Waals surface area contributed by atoms with Crippen molar-refractivity contribution >= 4 is 5.71 Å². The van der Waals surface area contributed by atoms with E-state index in [0.717, 1.165) is 29.7 Å². The van der Waals surface area contributed by atoms with Gasteiger partial charge in [-0.15, -0.1) is 0 Å². The van der Waals surface area contributed by atoms with Gasteiger partial charge in [-0.2, -0.15) is 0 Å². The Labute approximate surface area is 127 Å². The van der Waals surface area contributed by atoms with E-state index in [1.54, 1.807) is 0 Å². The number of aliphatic imine (C=N–C) groups is 1. The summed E-state index contributed by atoms with van der Waals surface area (Å²) in [7, 11) is 0. The second kappa shape index (κ2) is 7.07. The zero-order valence-corrected chi connectivity index (χ0v) is 12.9. The molecule has 1 unspecified atom stereocenters. The minimum Gasteiger partial charge on any atom is -0.489 e. The van der Waals surface area contributed by atoms with Gasteiger partial charge in [0.25, 0.3) is 0 Å². The first kappa shape index (κ1) is 15.3. The number of allylic oxidation sites excluding steroid dienone is 2. The summed E-state index contributed by atoms with van der Waals surface area (Å²) in [5.41, 5.74) is 4.29. The molecule has 1 atom stereocenters. The monoisotopic (exact) mass is 281 g/mol. The standard InChI is InChI=1S/C19H23NO/c1-14(12-19-11-10-15(2)20-16(19)3)17(4)21-13-18-8-6-5-7-9-18/h5-9,12,15H,1,4,10-11,13H2,2-3H3/b19-12-. The Morgan fingerprint density at radius 1 is 1.33 bits per heavy atom. The number of hydrogen-bond donors (Lipinski definition) is 0. The van der Waals surface area contributed by atoms with Crippen LogP contribution >= 0.6 is 0 Å². The third-order valence-electron chi connectivity index (χ3n) is 3.67. The zero-order chi connectivity index (χ0) is 15.2. The molecule has 0 bridgehead atoms. The van der Waals surface area contributed by atoms with Crippen LogP contribution in [0.5, 0.6) is 0 Å². The molecule has 0 N–H and O–H groups in total. The zero-order valence-electron chi connectivity index (χ0n) is 12.9. The number of benzene rings is 1. The molecule has 0 radical (unpaired) electrons. The van der Waals surface area contributed by atoms with Gasteiger partial charge in [0.1, 0.15) is 12.4 Å². The summed E-state index contributed by atoms with van der Waals surface area (Å²) in [6.07, 6.45) is 4.19. The summed E-state index contributed by atoms with van der Waals surface area (Å²) in [4.78, 5) is 4.61. The van der Waals surface area contributed by atoms with Crippen LogP contribution in [0.4, 0.5) is 0 Å². The quantitative estimate of drug-likeness (QED) is 0.559. The second-order valence-electron chi connectivity index (χ2n) is 5.49. The molecule has 110 valence electrons. The largest absolute Gasteiger partial charge is 0.489 e. The Kier molecular flexibility index (Phi) is 5.15. The fourth-order valence-electron chi connectivity index (χ4n) is 2.33. The summed E-state index contributed by atoms with van der Waals surface area (Å²) >= 11 is 0. The van der Waals surface area contributed by atoms with Crippen molar-refractivity contribution in [1.29, 1.82) is 0 Å². The van der Waals surface area contributed by atoms with Crippen molar-refractivity contribution in [2.24, 2.45) is 4.99 Å². The van der Waals surface area contributed by atoms with Crippen molar-refractivity contribution in [2.75, 3.05) is 0 Å². The minimum absolute atomic E-state index is 0.424. The number of nitrogens with zero attached hydrogens (tertiary/aromatic N) is 1. The van der Waals surface area contributed by atoms with Gasteiger partial charge in [-0.05, 0) is 43.9 Å². The lowest BCUT2D eigenvalue weighted by atomic mass is 9.97. The van der Waals surface area contributed by atoms with Gasteiger partial charge in [-0.3, -0.25) is 4.99 Å². The molecule has 1 aliphatic rings. The first-order valence-corrected chi connectivity index (χ1v) is 7.36. The molecule has 0 spiro atoms. The van der Waals surface area contributed by atoms with Gasteiger partial charge in [-0.25, -0.2) is 0 Å². The van der Waals surface area contributed by atoms with Crippen LogP contribution < -0.4 is 0 Å². The molecule has 2 rings (SSSR count). The SMILES string of the molecule is C=C(/C=C1/CCC(C)N=C1C)C(=C)OCc1ccccc1. The van der Waals surface area contributed by atoms with E-state index >= 15 is 0 Å². The first-order chi connectivity index (χ1) is 10.1. The van der Waals surface area contributed by atoms with Crippen LogP contribution in [0.1, 0.15) is 32.3 Å². The number of rotatable bonds is 5. The first-order valence-electron chi connectivity index (χ1n) is 7.36. The van der Waals surface area contributed by atoms with Crippen LogP contribution in [0.2, 0.25) is 0 Å². The minimum atomic E-state index is 0.424. The highest BCUT2D eigenvalue weighted by molar-refractivity contribution is 5.99. The van der Waals surface area contributed by atoms with Crippen molar-refractivity contribution in [3.63, 3.8) is 0 Å². The predicted molar refractivity (Wildman–Crippen MR) is 89.4 cm³/mol. The molecular formula is C19H23NO. The topological polar surface area (TPSA) is 21.6 Å². The highest BCUT2D eigenvalue weighted by atomic mass is 16.5. The van der Waals surface area contributed by atoms with Gasteiger partial charge in [-0.1, -0.05) is 43.5 Å². The molecule has 0 aliphatic carbocycles. The van der Waals surface area contributed by atoms with E-state index in [2.05, 4.69) is 38.1 Å². The molecule has 0 amide bonds. The van der Waals surface area contributed by atoms with Gasteiger partial charge in [0, 0.05) is 17.3 Å². The maximum Gasteiger partial charge on any atom is 0.119 e. The van der Waals surface area contributed by atoms with E-state index in [0.29, 0.717) is 18.4 Å². The van der Waals surface area contributed by atoms with Crippen molar-refractivity contribution in [2.45, 2.75) is 39.3 Å². The summed E-state index contributed by atoms with van der Waals surface area (Å²) in [6, 6.07) is 10.5. The van der Waals surface area contributed by atoms with Crippen molar-refractivity contribution in [1.82, 2.24) is 0 Å². The summed E-state index contributed by atoms with van der Waals surface area (Å²) in [5, 5.41) is 0. The molecular weight excluding hydrogens is 258 g/mol. The van der Waals surface area contributed by atoms with E-state index in [1.807, 2.05) is 30.3 Å². The normalized spacial score (nSPS) is 20.0. The Morgan fingerprint density at radius 3 is 2.71 bits per heavy atom. The molecule has 1 aromatic carbocycles. The van der Waals surface area contributed by atoms with Gasteiger partial charge < -0.3 is 4.74 Å². The smallest absolute Gasteiger partial charge is 0.119 e. The Morgan fingerprint density at radius 2 is 2.05 bits per heavy atom. The van der Waals surface area contributed by atoms with Crippen LogP contribution in [-0.4, -0.2) is 11.8 Å². The molecule has 1 aromatic rings. The Hall–Kier alpha value is -2.09. The molecule has 2 heteroatoms. The van der Waals surface area contributed by atoms with Crippen LogP contribution in [0.3, 0.4) is 0 Å². The Bertz CT molecular complexity index is 581. The number of hydrogen-bond acceptors (Lipinski definition) is 2. The fourth-order valence-corrected chi connectivity index (χ4v) is 2.33. The number of ether oxygens (including phenoxy) is 1. The van der Waals surface area contributed by atoms with E-state index in [4.69, 9.17) is 4.74 Å². The molecule has 0 saturated carbocycles. The van der Waals surface area contributed by atoms with E-state index in [9.17, 15) is 0 Å². The maximum absolute atomic E-state index is 5.71. The molecule has 0 fully saturated rings. The molecule has 0 aromatic heterocycles. The predicted octanol–water partition coefficient (Wildman–Crippen LogP) is 4.84.